The fraction of sp³-hybridized carbons (Fsp3) is 0.467. The summed E-state index contributed by atoms with van der Waals surface area (Å²) in [5.41, 5.74) is 2.04. The van der Waals surface area contributed by atoms with Crippen LogP contribution >= 0.6 is 0 Å². The summed E-state index contributed by atoms with van der Waals surface area (Å²) in [7, 11) is -2.96. The highest BCUT2D eigenvalue weighted by molar-refractivity contribution is 7.91. The maximum Gasteiger partial charge on any atom is 0.152 e. The Morgan fingerprint density at radius 3 is 2.90 bits per heavy atom. The molecule has 1 aliphatic heterocycles. The summed E-state index contributed by atoms with van der Waals surface area (Å²) in [6, 6.07) is 6.07. The number of hydrogen-bond acceptors (Lipinski definition) is 5. The van der Waals surface area contributed by atoms with Crippen LogP contribution in [0.4, 0.5) is 5.82 Å². The number of anilines is 1. The van der Waals surface area contributed by atoms with Gasteiger partial charge in [-0.15, -0.1) is 0 Å². The SMILES string of the molecule is Cc1ccc2ncnc(N3CCS(=O)(=O)CC(C)C3)c2c1. The van der Waals surface area contributed by atoms with Crippen LogP contribution in [-0.4, -0.2) is 43.0 Å². The fourth-order valence-electron chi connectivity index (χ4n) is 2.89. The fourth-order valence-corrected chi connectivity index (χ4v) is 4.53. The van der Waals surface area contributed by atoms with Crippen LogP contribution in [0.5, 0.6) is 0 Å². The molecule has 0 aliphatic carbocycles. The van der Waals surface area contributed by atoms with Gasteiger partial charge in [0, 0.05) is 18.5 Å². The average molecular weight is 305 g/mol. The summed E-state index contributed by atoms with van der Waals surface area (Å²) in [5.74, 6) is 1.39. The van der Waals surface area contributed by atoms with Crippen molar-refractivity contribution in [3.63, 3.8) is 0 Å². The number of hydrogen-bond donors (Lipinski definition) is 0. The molecule has 0 spiro atoms. The predicted molar refractivity (Wildman–Crippen MR) is 84.3 cm³/mol. The number of benzene rings is 1. The highest BCUT2D eigenvalue weighted by Gasteiger charge is 2.25. The summed E-state index contributed by atoms with van der Waals surface area (Å²) in [6.45, 7) is 5.21. The van der Waals surface area contributed by atoms with Crippen molar-refractivity contribution < 1.29 is 8.42 Å². The summed E-state index contributed by atoms with van der Waals surface area (Å²) in [4.78, 5) is 10.8. The lowest BCUT2D eigenvalue weighted by Crippen LogP contribution is -2.30. The quantitative estimate of drug-likeness (QED) is 0.804. The molecule has 1 atom stereocenters. The van der Waals surface area contributed by atoms with Crippen molar-refractivity contribution in [2.24, 2.45) is 5.92 Å². The lowest BCUT2D eigenvalue weighted by Gasteiger charge is -2.24. The number of fused-ring (bicyclic) bond motifs is 1. The monoisotopic (exact) mass is 305 g/mol. The van der Waals surface area contributed by atoms with Crippen LogP contribution < -0.4 is 4.90 Å². The first-order valence-corrected chi connectivity index (χ1v) is 8.93. The lowest BCUT2D eigenvalue weighted by atomic mass is 10.1. The van der Waals surface area contributed by atoms with Gasteiger partial charge in [-0.1, -0.05) is 18.6 Å². The molecule has 21 heavy (non-hydrogen) atoms. The molecule has 1 aliphatic rings. The molecule has 5 nitrogen and oxygen atoms in total. The Hall–Kier alpha value is -1.69. The molecule has 112 valence electrons. The molecule has 6 heteroatoms. The van der Waals surface area contributed by atoms with Crippen molar-refractivity contribution in [2.45, 2.75) is 13.8 Å². The van der Waals surface area contributed by atoms with Crippen LogP contribution in [-0.2, 0) is 9.84 Å². The highest BCUT2D eigenvalue weighted by atomic mass is 32.2. The third-order valence-corrected chi connectivity index (χ3v) is 5.69. The minimum absolute atomic E-state index is 0.104. The van der Waals surface area contributed by atoms with Gasteiger partial charge in [0.05, 0.1) is 17.0 Å². The first kappa shape index (κ1) is 14.3. The number of aryl methyl sites for hydroxylation is 1. The first-order valence-electron chi connectivity index (χ1n) is 7.11. The zero-order chi connectivity index (χ0) is 15.0. The van der Waals surface area contributed by atoms with E-state index >= 15 is 0 Å². The van der Waals surface area contributed by atoms with E-state index in [1.165, 1.54) is 0 Å². The minimum Gasteiger partial charge on any atom is -0.355 e. The Morgan fingerprint density at radius 1 is 1.29 bits per heavy atom. The second-order valence-corrected chi connectivity index (χ2v) is 8.11. The minimum atomic E-state index is -2.96. The molecular weight excluding hydrogens is 286 g/mol. The highest BCUT2D eigenvalue weighted by Crippen LogP contribution is 2.26. The second-order valence-electron chi connectivity index (χ2n) is 5.88. The summed E-state index contributed by atoms with van der Waals surface area (Å²) < 4.78 is 23.8. The van der Waals surface area contributed by atoms with Crippen molar-refractivity contribution >= 4 is 26.6 Å². The summed E-state index contributed by atoms with van der Waals surface area (Å²) >= 11 is 0. The van der Waals surface area contributed by atoms with Crippen molar-refractivity contribution in [1.82, 2.24) is 9.97 Å². The number of rotatable bonds is 1. The van der Waals surface area contributed by atoms with E-state index in [1.807, 2.05) is 26.0 Å². The molecule has 3 rings (SSSR count). The number of nitrogens with zero attached hydrogens (tertiary/aromatic N) is 3. The van der Waals surface area contributed by atoms with E-state index in [2.05, 4.69) is 20.9 Å². The Bertz CT molecular complexity index is 774. The van der Waals surface area contributed by atoms with E-state index in [0.717, 1.165) is 22.3 Å². The number of sulfone groups is 1. The average Bonchev–Trinajstić information content (AvgIpc) is 2.55. The van der Waals surface area contributed by atoms with Crippen LogP contribution in [0.2, 0.25) is 0 Å². The third kappa shape index (κ3) is 3.00. The van der Waals surface area contributed by atoms with Crippen LogP contribution in [0.1, 0.15) is 12.5 Å². The van der Waals surface area contributed by atoms with E-state index < -0.39 is 9.84 Å². The van der Waals surface area contributed by atoms with E-state index in [-0.39, 0.29) is 17.4 Å². The Labute approximate surface area is 124 Å². The molecule has 0 radical (unpaired) electrons. The molecule has 2 heterocycles. The summed E-state index contributed by atoms with van der Waals surface area (Å²) in [5, 5.41) is 0.990. The smallest absolute Gasteiger partial charge is 0.152 e. The van der Waals surface area contributed by atoms with E-state index in [9.17, 15) is 8.42 Å². The molecule has 1 aromatic heterocycles. The summed E-state index contributed by atoms with van der Waals surface area (Å²) in [6.07, 6.45) is 1.55. The predicted octanol–water partition coefficient (Wildman–Crippen LogP) is 1.81. The first-order chi connectivity index (χ1) is 9.94. The van der Waals surface area contributed by atoms with Gasteiger partial charge in [-0.2, -0.15) is 0 Å². The second kappa shape index (κ2) is 5.26. The zero-order valence-electron chi connectivity index (χ0n) is 12.3. The van der Waals surface area contributed by atoms with Gasteiger partial charge >= 0.3 is 0 Å². The third-order valence-electron chi connectivity index (χ3n) is 3.81. The Balaban J connectivity index is 2.05. The zero-order valence-corrected chi connectivity index (χ0v) is 13.1. The van der Waals surface area contributed by atoms with Crippen LogP contribution in [0, 0.1) is 12.8 Å². The van der Waals surface area contributed by atoms with Crippen molar-refractivity contribution in [2.75, 3.05) is 29.5 Å². The Kier molecular flexibility index (Phi) is 3.57. The molecule has 1 aromatic carbocycles. The van der Waals surface area contributed by atoms with E-state index in [4.69, 9.17) is 0 Å². The van der Waals surface area contributed by atoms with Crippen molar-refractivity contribution in [3.05, 3.63) is 30.1 Å². The van der Waals surface area contributed by atoms with Gasteiger partial charge in [-0.05, 0) is 25.0 Å². The van der Waals surface area contributed by atoms with Gasteiger partial charge in [0.25, 0.3) is 0 Å². The van der Waals surface area contributed by atoms with Crippen molar-refractivity contribution in [3.8, 4) is 0 Å². The van der Waals surface area contributed by atoms with E-state index in [0.29, 0.717) is 13.1 Å². The molecule has 0 amide bonds. The maximum atomic E-state index is 11.9. The molecule has 1 fully saturated rings. The lowest BCUT2D eigenvalue weighted by molar-refractivity contribution is 0.581. The van der Waals surface area contributed by atoms with Gasteiger partial charge in [0.1, 0.15) is 12.1 Å². The standard InChI is InChI=1S/C15H19N3O2S/c1-11-3-4-14-13(7-11)15(17-10-16-14)18-5-6-21(19,20)9-12(2)8-18/h3-4,7,10,12H,5-6,8-9H2,1-2H3. The molecule has 1 saturated heterocycles. The van der Waals surface area contributed by atoms with Crippen molar-refractivity contribution in [1.29, 1.82) is 0 Å². The van der Waals surface area contributed by atoms with Gasteiger partial charge in [0.15, 0.2) is 9.84 Å². The van der Waals surface area contributed by atoms with Crippen LogP contribution in [0.15, 0.2) is 24.5 Å². The topological polar surface area (TPSA) is 63.2 Å². The molecule has 2 aromatic rings. The van der Waals surface area contributed by atoms with Crippen LogP contribution in [0.3, 0.4) is 0 Å². The molecule has 0 saturated carbocycles. The van der Waals surface area contributed by atoms with Gasteiger partial charge in [0.2, 0.25) is 0 Å². The molecule has 0 N–H and O–H groups in total. The largest absolute Gasteiger partial charge is 0.355 e. The maximum absolute atomic E-state index is 11.9. The molecular formula is C15H19N3O2S. The normalized spacial score (nSPS) is 22.2. The van der Waals surface area contributed by atoms with E-state index in [1.54, 1.807) is 6.33 Å². The number of aromatic nitrogens is 2. The molecule has 1 unspecified atom stereocenters. The van der Waals surface area contributed by atoms with Gasteiger partial charge < -0.3 is 4.90 Å². The van der Waals surface area contributed by atoms with Gasteiger partial charge in [-0.3, -0.25) is 0 Å². The molecule has 0 bridgehead atoms. The van der Waals surface area contributed by atoms with Gasteiger partial charge in [-0.25, -0.2) is 18.4 Å². The van der Waals surface area contributed by atoms with Crippen LogP contribution in [0.25, 0.3) is 10.9 Å². The Morgan fingerprint density at radius 2 is 2.10 bits per heavy atom.